The summed E-state index contributed by atoms with van der Waals surface area (Å²) in [5, 5.41) is 3.66. The van der Waals surface area contributed by atoms with E-state index in [0.717, 1.165) is 11.4 Å². The van der Waals surface area contributed by atoms with Crippen molar-refractivity contribution in [2.45, 2.75) is 52.4 Å². The van der Waals surface area contributed by atoms with E-state index < -0.39 is 0 Å². The van der Waals surface area contributed by atoms with E-state index >= 15 is 0 Å². The van der Waals surface area contributed by atoms with Crippen LogP contribution in [-0.4, -0.2) is 0 Å². The molecule has 3 aromatic rings. The van der Waals surface area contributed by atoms with Crippen molar-refractivity contribution in [3.8, 4) is 11.1 Å². The number of rotatable bonds is 3. The molecule has 0 spiro atoms. The topological polar surface area (TPSA) is 12.0 Å². The molecule has 0 radical (unpaired) electrons. The zero-order valence-electron chi connectivity index (χ0n) is 17.4. The Labute approximate surface area is 164 Å². The average Bonchev–Trinajstić information content (AvgIpc) is 2.61. The van der Waals surface area contributed by atoms with Crippen LogP contribution in [0.5, 0.6) is 0 Å². The van der Waals surface area contributed by atoms with E-state index in [1.54, 1.807) is 0 Å². The third kappa shape index (κ3) is 4.60. The van der Waals surface area contributed by atoms with Crippen molar-refractivity contribution in [3.05, 3.63) is 83.9 Å². The Morgan fingerprint density at radius 3 is 1.85 bits per heavy atom. The van der Waals surface area contributed by atoms with Gasteiger partial charge in [0.2, 0.25) is 0 Å². The van der Waals surface area contributed by atoms with E-state index in [2.05, 4.69) is 120 Å². The fraction of sp³-hybridized carbons (Fsp3) is 0.308. The summed E-state index contributed by atoms with van der Waals surface area (Å²) >= 11 is 0. The highest BCUT2D eigenvalue weighted by Crippen LogP contribution is 2.35. The minimum atomic E-state index is 0.119. The standard InChI is InChI=1S/C26H31N/c1-25(2,3)20-13-10-14-22(17-20)27-24-16-15-21(26(4,5)6)18-23(24)19-11-8-7-9-12-19/h7-18,27H,1-6H3. The van der Waals surface area contributed by atoms with E-state index in [1.807, 2.05) is 0 Å². The first-order chi connectivity index (χ1) is 12.6. The van der Waals surface area contributed by atoms with E-state index in [9.17, 15) is 0 Å². The molecule has 0 saturated heterocycles. The van der Waals surface area contributed by atoms with Gasteiger partial charge in [0.05, 0.1) is 0 Å². The molecule has 140 valence electrons. The van der Waals surface area contributed by atoms with Gasteiger partial charge in [-0.25, -0.2) is 0 Å². The molecule has 0 heterocycles. The number of nitrogens with one attached hydrogen (secondary N) is 1. The lowest BCUT2D eigenvalue weighted by molar-refractivity contribution is 0.590. The molecule has 0 aliphatic heterocycles. The van der Waals surface area contributed by atoms with Crippen molar-refractivity contribution in [3.63, 3.8) is 0 Å². The third-order valence-electron chi connectivity index (χ3n) is 4.98. The summed E-state index contributed by atoms with van der Waals surface area (Å²) in [6, 6.07) is 26.1. The molecule has 0 aromatic heterocycles. The molecule has 0 saturated carbocycles. The predicted molar refractivity (Wildman–Crippen MR) is 119 cm³/mol. The number of hydrogen-bond acceptors (Lipinski definition) is 1. The highest BCUT2D eigenvalue weighted by atomic mass is 14.9. The molecule has 1 heteroatoms. The van der Waals surface area contributed by atoms with Gasteiger partial charge in [-0.05, 0) is 51.8 Å². The van der Waals surface area contributed by atoms with Crippen molar-refractivity contribution in [2.75, 3.05) is 5.32 Å². The summed E-state index contributed by atoms with van der Waals surface area (Å²) in [5.74, 6) is 0. The molecule has 3 aromatic carbocycles. The van der Waals surface area contributed by atoms with Crippen LogP contribution >= 0.6 is 0 Å². The number of hydrogen-bond donors (Lipinski definition) is 1. The molecule has 0 aliphatic carbocycles. The van der Waals surface area contributed by atoms with Crippen molar-refractivity contribution < 1.29 is 0 Å². The smallest absolute Gasteiger partial charge is 0.0464 e. The van der Waals surface area contributed by atoms with Crippen molar-refractivity contribution >= 4 is 11.4 Å². The van der Waals surface area contributed by atoms with Crippen molar-refractivity contribution in [1.82, 2.24) is 0 Å². The average molecular weight is 358 g/mol. The monoisotopic (exact) mass is 357 g/mol. The van der Waals surface area contributed by atoms with Gasteiger partial charge in [0, 0.05) is 16.9 Å². The zero-order valence-corrected chi connectivity index (χ0v) is 17.4. The maximum absolute atomic E-state index is 3.66. The van der Waals surface area contributed by atoms with E-state index in [1.165, 1.54) is 22.3 Å². The van der Waals surface area contributed by atoms with Crippen LogP contribution in [0.2, 0.25) is 0 Å². The molecule has 0 unspecified atom stereocenters. The Balaban J connectivity index is 2.05. The Hall–Kier alpha value is -2.54. The Kier molecular flexibility index (Phi) is 5.15. The van der Waals surface area contributed by atoms with Crippen LogP contribution in [0, 0.1) is 0 Å². The van der Waals surface area contributed by atoms with E-state index in [4.69, 9.17) is 0 Å². The van der Waals surface area contributed by atoms with Gasteiger partial charge < -0.3 is 5.32 Å². The summed E-state index contributed by atoms with van der Waals surface area (Å²) in [5.41, 5.74) is 7.67. The van der Waals surface area contributed by atoms with Gasteiger partial charge in [0.25, 0.3) is 0 Å². The predicted octanol–water partition coefficient (Wildman–Crippen LogP) is 7.69. The highest BCUT2D eigenvalue weighted by molar-refractivity contribution is 5.82. The molecule has 1 nitrogen and oxygen atoms in total. The lowest BCUT2D eigenvalue weighted by atomic mass is 9.85. The SMILES string of the molecule is CC(C)(C)c1cccc(Nc2ccc(C(C)(C)C)cc2-c2ccccc2)c1. The normalized spacial score (nSPS) is 12.1. The molecule has 0 bridgehead atoms. The summed E-state index contributed by atoms with van der Waals surface area (Å²) in [4.78, 5) is 0. The molecule has 1 N–H and O–H groups in total. The molecular weight excluding hydrogens is 326 g/mol. The van der Waals surface area contributed by atoms with Crippen LogP contribution < -0.4 is 5.32 Å². The minimum absolute atomic E-state index is 0.119. The molecule has 0 atom stereocenters. The van der Waals surface area contributed by atoms with Crippen LogP contribution in [0.4, 0.5) is 11.4 Å². The number of benzene rings is 3. The van der Waals surface area contributed by atoms with Gasteiger partial charge in [-0.3, -0.25) is 0 Å². The molecular formula is C26H31N. The van der Waals surface area contributed by atoms with Crippen LogP contribution in [0.15, 0.2) is 72.8 Å². The van der Waals surface area contributed by atoms with E-state index in [0.29, 0.717) is 0 Å². The summed E-state index contributed by atoms with van der Waals surface area (Å²) in [6.07, 6.45) is 0. The Morgan fingerprint density at radius 2 is 1.22 bits per heavy atom. The van der Waals surface area contributed by atoms with Gasteiger partial charge in [-0.1, -0.05) is 90.1 Å². The fourth-order valence-electron chi connectivity index (χ4n) is 3.20. The molecule has 27 heavy (non-hydrogen) atoms. The second-order valence-electron chi connectivity index (χ2n) is 9.33. The lowest BCUT2D eigenvalue weighted by Crippen LogP contribution is -2.12. The zero-order chi connectivity index (χ0) is 19.7. The van der Waals surface area contributed by atoms with Crippen LogP contribution in [0.3, 0.4) is 0 Å². The van der Waals surface area contributed by atoms with E-state index in [-0.39, 0.29) is 10.8 Å². The molecule has 0 fully saturated rings. The van der Waals surface area contributed by atoms with Gasteiger partial charge in [-0.2, -0.15) is 0 Å². The van der Waals surface area contributed by atoms with Gasteiger partial charge in [0.1, 0.15) is 0 Å². The summed E-state index contributed by atoms with van der Waals surface area (Å²) < 4.78 is 0. The third-order valence-corrected chi connectivity index (χ3v) is 4.98. The first kappa shape index (κ1) is 19.2. The minimum Gasteiger partial charge on any atom is -0.355 e. The Morgan fingerprint density at radius 1 is 0.593 bits per heavy atom. The summed E-state index contributed by atoms with van der Waals surface area (Å²) in [7, 11) is 0. The first-order valence-corrected chi connectivity index (χ1v) is 9.72. The molecule has 0 aliphatic rings. The quantitative estimate of drug-likeness (QED) is 0.506. The highest BCUT2D eigenvalue weighted by Gasteiger charge is 2.17. The molecule has 3 rings (SSSR count). The first-order valence-electron chi connectivity index (χ1n) is 9.72. The van der Waals surface area contributed by atoms with Crippen LogP contribution in [-0.2, 0) is 10.8 Å². The maximum atomic E-state index is 3.66. The van der Waals surface area contributed by atoms with Crippen LogP contribution in [0.1, 0.15) is 52.7 Å². The summed E-state index contributed by atoms with van der Waals surface area (Å²) in [6.45, 7) is 13.5. The maximum Gasteiger partial charge on any atom is 0.0464 e. The van der Waals surface area contributed by atoms with Gasteiger partial charge in [-0.15, -0.1) is 0 Å². The second-order valence-corrected chi connectivity index (χ2v) is 9.33. The second kappa shape index (κ2) is 7.23. The van der Waals surface area contributed by atoms with Crippen LogP contribution in [0.25, 0.3) is 11.1 Å². The van der Waals surface area contributed by atoms with Crippen molar-refractivity contribution in [1.29, 1.82) is 0 Å². The molecule has 0 amide bonds. The Bertz CT molecular complexity index is 909. The number of anilines is 2. The lowest BCUT2D eigenvalue weighted by Gasteiger charge is -2.23. The largest absolute Gasteiger partial charge is 0.355 e. The van der Waals surface area contributed by atoms with Crippen molar-refractivity contribution in [2.24, 2.45) is 0 Å². The van der Waals surface area contributed by atoms with Gasteiger partial charge in [0.15, 0.2) is 0 Å². The van der Waals surface area contributed by atoms with Gasteiger partial charge >= 0.3 is 0 Å². The fourth-order valence-corrected chi connectivity index (χ4v) is 3.20.